The van der Waals surface area contributed by atoms with E-state index in [1.165, 1.54) is 0 Å². The first-order valence-corrected chi connectivity index (χ1v) is 6.47. The Morgan fingerprint density at radius 3 is 2.47 bits per heavy atom. The molecule has 94 valence electrons. The average molecular weight is 269 g/mol. The molecule has 0 saturated heterocycles. The van der Waals surface area contributed by atoms with Crippen LogP contribution in [0.15, 0.2) is 60.9 Å². The molecule has 0 aliphatic carbocycles. The van der Waals surface area contributed by atoms with Crippen LogP contribution in [0.1, 0.15) is 17.2 Å². The van der Waals surface area contributed by atoms with Crippen molar-refractivity contribution in [1.82, 2.24) is 4.98 Å². The lowest BCUT2D eigenvalue weighted by atomic mass is 9.96. The minimum absolute atomic E-state index is 0.198. The van der Waals surface area contributed by atoms with Crippen LogP contribution in [0, 0.1) is 0 Å². The molecule has 1 aromatic heterocycles. The maximum Gasteiger partial charge on any atom is 0.0573 e. The number of fused-ring (bicyclic) bond motifs is 1. The second-order valence-corrected chi connectivity index (χ2v) is 4.92. The number of benzene rings is 2. The molecule has 3 rings (SSSR count). The second kappa shape index (κ2) is 5.00. The van der Waals surface area contributed by atoms with E-state index in [1.54, 1.807) is 0 Å². The summed E-state index contributed by atoms with van der Waals surface area (Å²) in [7, 11) is 0. The molecule has 1 heterocycles. The van der Waals surface area contributed by atoms with E-state index in [1.807, 2.05) is 54.9 Å². The molecule has 0 radical (unpaired) electrons. The monoisotopic (exact) mass is 268 g/mol. The molecule has 3 heteroatoms. The number of pyridine rings is 1. The summed E-state index contributed by atoms with van der Waals surface area (Å²) in [5.41, 5.74) is 8.41. The fourth-order valence-electron chi connectivity index (χ4n) is 2.24. The Labute approximate surface area is 116 Å². The molecule has 0 saturated carbocycles. The standard InChI is InChI=1S/C16H13ClN2/c17-13-7-5-11(6-8-13)16(18)15-10-19-9-12-3-1-2-4-14(12)15/h1-10,16H,18H2. The Kier molecular flexibility index (Phi) is 3.20. The SMILES string of the molecule is NC(c1ccc(Cl)cc1)c1cncc2ccccc12. The Bertz CT molecular complexity index is 702. The highest BCUT2D eigenvalue weighted by atomic mass is 35.5. The predicted octanol–water partition coefficient (Wildman–Crippen LogP) is 3.94. The fraction of sp³-hybridized carbons (Fsp3) is 0.0625. The Balaban J connectivity index is 2.11. The first-order valence-electron chi connectivity index (χ1n) is 6.09. The van der Waals surface area contributed by atoms with Crippen LogP contribution in [-0.2, 0) is 0 Å². The van der Waals surface area contributed by atoms with Crippen LogP contribution in [0.25, 0.3) is 10.8 Å². The molecule has 1 atom stereocenters. The Hall–Kier alpha value is -1.90. The molecule has 0 bridgehead atoms. The molecule has 2 nitrogen and oxygen atoms in total. The van der Waals surface area contributed by atoms with Crippen molar-refractivity contribution >= 4 is 22.4 Å². The van der Waals surface area contributed by atoms with E-state index in [0.29, 0.717) is 5.02 Å². The lowest BCUT2D eigenvalue weighted by Gasteiger charge is -2.14. The molecular formula is C16H13ClN2. The van der Waals surface area contributed by atoms with Crippen LogP contribution in [0.4, 0.5) is 0 Å². The van der Waals surface area contributed by atoms with Crippen molar-refractivity contribution < 1.29 is 0 Å². The molecule has 19 heavy (non-hydrogen) atoms. The average Bonchev–Trinajstić information content (AvgIpc) is 2.47. The van der Waals surface area contributed by atoms with E-state index in [9.17, 15) is 0 Å². The summed E-state index contributed by atoms with van der Waals surface area (Å²) < 4.78 is 0. The van der Waals surface area contributed by atoms with E-state index in [0.717, 1.165) is 21.9 Å². The molecule has 2 aromatic carbocycles. The Morgan fingerprint density at radius 2 is 1.68 bits per heavy atom. The van der Waals surface area contributed by atoms with Gasteiger partial charge in [0.1, 0.15) is 0 Å². The van der Waals surface area contributed by atoms with Crippen molar-refractivity contribution in [1.29, 1.82) is 0 Å². The molecule has 0 aliphatic heterocycles. The van der Waals surface area contributed by atoms with Crippen LogP contribution >= 0.6 is 11.6 Å². The van der Waals surface area contributed by atoms with E-state index in [4.69, 9.17) is 17.3 Å². The molecular weight excluding hydrogens is 256 g/mol. The van der Waals surface area contributed by atoms with Crippen LogP contribution in [0.2, 0.25) is 5.02 Å². The second-order valence-electron chi connectivity index (χ2n) is 4.48. The molecule has 1 unspecified atom stereocenters. The van der Waals surface area contributed by atoms with E-state index >= 15 is 0 Å². The lowest BCUT2D eigenvalue weighted by Crippen LogP contribution is -2.12. The van der Waals surface area contributed by atoms with Crippen molar-refractivity contribution in [3.05, 3.63) is 77.1 Å². The zero-order valence-corrected chi connectivity index (χ0v) is 11.0. The van der Waals surface area contributed by atoms with Gasteiger partial charge in [-0.25, -0.2) is 0 Å². The molecule has 0 amide bonds. The molecule has 2 N–H and O–H groups in total. The molecule has 3 aromatic rings. The van der Waals surface area contributed by atoms with Crippen molar-refractivity contribution in [2.75, 3.05) is 0 Å². The van der Waals surface area contributed by atoms with Crippen LogP contribution in [-0.4, -0.2) is 4.98 Å². The molecule has 0 spiro atoms. The zero-order valence-electron chi connectivity index (χ0n) is 10.3. The smallest absolute Gasteiger partial charge is 0.0573 e. The van der Waals surface area contributed by atoms with Gasteiger partial charge in [-0.2, -0.15) is 0 Å². The quantitative estimate of drug-likeness (QED) is 0.765. The lowest BCUT2D eigenvalue weighted by molar-refractivity contribution is 0.873. The number of nitrogens with zero attached hydrogens (tertiary/aromatic N) is 1. The van der Waals surface area contributed by atoms with Crippen molar-refractivity contribution in [2.45, 2.75) is 6.04 Å². The third-order valence-corrected chi connectivity index (χ3v) is 3.52. The van der Waals surface area contributed by atoms with E-state index < -0.39 is 0 Å². The third kappa shape index (κ3) is 2.33. The summed E-state index contributed by atoms with van der Waals surface area (Å²) in [4.78, 5) is 4.27. The maximum atomic E-state index is 6.35. The number of rotatable bonds is 2. The third-order valence-electron chi connectivity index (χ3n) is 3.26. The number of hydrogen-bond donors (Lipinski definition) is 1. The van der Waals surface area contributed by atoms with Gasteiger partial charge in [-0.05, 0) is 28.6 Å². The van der Waals surface area contributed by atoms with Gasteiger partial charge in [-0.15, -0.1) is 0 Å². The summed E-state index contributed by atoms with van der Waals surface area (Å²) in [5.74, 6) is 0. The van der Waals surface area contributed by atoms with Gasteiger partial charge in [-0.1, -0.05) is 48.0 Å². The van der Waals surface area contributed by atoms with Gasteiger partial charge < -0.3 is 5.73 Å². The summed E-state index contributed by atoms with van der Waals surface area (Å²) in [6, 6.07) is 15.6. The van der Waals surface area contributed by atoms with Crippen molar-refractivity contribution in [3.63, 3.8) is 0 Å². The van der Waals surface area contributed by atoms with Gasteiger partial charge in [0.05, 0.1) is 6.04 Å². The number of hydrogen-bond acceptors (Lipinski definition) is 2. The van der Waals surface area contributed by atoms with Gasteiger partial charge in [0, 0.05) is 22.8 Å². The topological polar surface area (TPSA) is 38.9 Å². The van der Waals surface area contributed by atoms with Crippen LogP contribution in [0.3, 0.4) is 0 Å². The highest BCUT2D eigenvalue weighted by molar-refractivity contribution is 6.30. The van der Waals surface area contributed by atoms with Gasteiger partial charge in [-0.3, -0.25) is 4.98 Å². The van der Waals surface area contributed by atoms with Gasteiger partial charge >= 0.3 is 0 Å². The van der Waals surface area contributed by atoms with Crippen molar-refractivity contribution in [2.24, 2.45) is 5.73 Å². The fourth-order valence-corrected chi connectivity index (χ4v) is 2.36. The predicted molar refractivity (Wildman–Crippen MR) is 79.2 cm³/mol. The van der Waals surface area contributed by atoms with Crippen molar-refractivity contribution in [3.8, 4) is 0 Å². The van der Waals surface area contributed by atoms with Gasteiger partial charge in [0.2, 0.25) is 0 Å². The van der Waals surface area contributed by atoms with Gasteiger partial charge in [0.15, 0.2) is 0 Å². The van der Waals surface area contributed by atoms with Gasteiger partial charge in [0.25, 0.3) is 0 Å². The normalized spacial score (nSPS) is 12.5. The zero-order chi connectivity index (χ0) is 13.2. The summed E-state index contributed by atoms with van der Waals surface area (Å²) in [6.07, 6.45) is 3.69. The highest BCUT2D eigenvalue weighted by Gasteiger charge is 2.12. The highest BCUT2D eigenvalue weighted by Crippen LogP contribution is 2.26. The van der Waals surface area contributed by atoms with E-state index in [2.05, 4.69) is 11.1 Å². The Morgan fingerprint density at radius 1 is 0.947 bits per heavy atom. The number of nitrogens with two attached hydrogens (primary N) is 1. The summed E-state index contributed by atoms with van der Waals surface area (Å²) >= 11 is 5.90. The maximum absolute atomic E-state index is 6.35. The number of aromatic nitrogens is 1. The summed E-state index contributed by atoms with van der Waals surface area (Å²) in [5, 5.41) is 2.95. The molecule has 0 fully saturated rings. The number of halogens is 1. The largest absolute Gasteiger partial charge is 0.320 e. The summed E-state index contributed by atoms with van der Waals surface area (Å²) in [6.45, 7) is 0. The minimum Gasteiger partial charge on any atom is -0.320 e. The van der Waals surface area contributed by atoms with Crippen LogP contribution < -0.4 is 5.73 Å². The first kappa shape index (κ1) is 12.2. The van der Waals surface area contributed by atoms with Crippen LogP contribution in [0.5, 0.6) is 0 Å². The minimum atomic E-state index is -0.198. The molecule has 0 aliphatic rings. The first-order chi connectivity index (χ1) is 9.25. The van der Waals surface area contributed by atoms with E-state index in [-0.39, 0.29) is 6.04 Å².